The summed E-state index contributed by atoms with van der Waals surface area (Å²) < 4.78 is 2.00. The van der Waals surface area contributed by atoms with Crippen molar-refractivity contribution in [1.29, 1.82) is 0 Å². The molecule has 5 nitrogen and oxygen atoms in total. The molecular formula is C20H29N3O2. The molecule has 1 fully saturated rings. The van der Waals surface area contributed by atoms with Crippen molar-refractivity contribution in [3.8, 4) is 0 Å². The summed E-state index contributed by atoms with van der Waals surface area (Å²) in [4.78, 5) is 17.5. The van der Waals surface area contributed by atoms with Crippen LogP contribution in [0.2, 0.25) is 0 Å². The maximum Gasteiger partial charge on any atom is 0.272 e. The Balaban J connectivity index is 1.85. The SMILES string of the molecule is CC(C)(C)c1nc(C(=O)NCC2(CO)CCCCC2)c2ccccn12. The van der Waals surface area contributed by atoms with Crippen LogP contribution in [0.3, 0.4) is 0 Å². The Morgan fingerprint density at radius 1 is 1.28 bits per heavy atom. The van der Waals surface area contributed by atoms with Crippen molar-refractivity contribution < 1.29 is 9.90 Å². The molecule has 2 aromatic heterocycles. The van der Waals surface area contributed by atoms with E-state index in [0.717, 1.165) is 37.0 Å². The van der Waals surface area contributed by atoms with Crippen LogP contribution >= 0.6 is 0 Å². The van der Waals surface area contributed by atoms with E-state index < -0.39 is 0 Å². The number of hydrogen-bond acceptors (Lipinski definition) is 3. The monoisotopic (exact) mass is 343 g/mol. The minimum absolute atomic E-state index is 0.129. The number of carbonyl (C=O) groups excluding carboxylic acids is 1. The topological polar surface area (TPSA) is 66.6 Å². The standard InChI is InChI=1S/C20H29N3O2/c1-19(2,3)18-22-16(15-9-5-8-12-23(15)18)17(25)21-13-20(14-24)10-6-4-7-11-20/h5,8-9,12,24H,4,6-7,10-11,13-14H2,1-3H3,(H,21,25). The summed E-state index contributed by atoms with van der Waals surface area (Å²) >= 11 is 0. The number of hydrogen-bond donors (Lipinski definition) is 2. The van der Waals surface area contributed by atoms with E-state index in [1.807, 2.05) is 28.8 Å². The first-order valence-corrected chi connectivity index (χ1v) is 9.23. The van der Waals surface area contributed by atoms with Crippen LogP contribution in [-0.4, -0.2) is 33.6 Å². The first kappa shape index (κ1) is 17.9. The fourth-order valence-corrected chi connectivity index (χ4v) is 3.78. The van der Waals surface area contributed by atoms with Gasteiger partial charge in [0.2, 0.25) is 0 Å². The van der Waals surface area contributed by atoms with E-state index in [9.17, 15) is 9.90 Å². The van der Waals surface area contributed by atoms with Crippen LogP contribution in [0.1, 0.15) is 69.2 Å². The molecule has 2 N–H and O–H groups in total. The van der Waals surface area contributed by atoms with Crippen LogP contribution in [0.25, 0.3) is 5.52 Å². The van der Waals surface area contributed by atoms with Crippen molar-refractivity contribution in [2.75, 3.05) is 13.2 Å². The lowest BCUT2D eigenvalue weighted by atomic mass is 9.74. The summed E-state index contributed by atoms with van der Waals surface area (Å²) in [7, 11) is 0. The van der Waals surface area contributed by atoms with Gasteiger partial charge in [0.15, 0.2) is 5.69 Å². The lowest BCUT2D eigenvalue weighted by molar-refractivity contribution is 0.0716. The Hall–Kier alpha value is -1.88. The minimum atomic E-state index is -0.170. The second kappa shape index (κ2) is 6.79. The molecule has 0 atom stereocenters. The van der Waals surface area contributed by atoms with E-state index in [2.05, 4.69) is 31.1 Å². The van der Waals surface area contributed by atoms with Crippen LogP contribution in [-0.2, 0) is 5.41 Å². The maximum absolute atomic E-state index is 12.8. The highest BCUT2D eigenvalue weighted by molar-refractivity contribution is 5.99. The van der Waals surface area contributed by atoms with Crippen molar-refractivity contribution in [1.82, 2.24) is 14.7 Å². The number of amides is 1. The van der Waals surface area contributed by atoms with Crippen molar-refractivity contribution in [2.45, 2.75) is 58.3 Å². The van der Waals surface area contributed by atoms with Gasteiger partial charge >= 0.3 is 0 Å². The molecule has 0 unspecified atom stereocenters. The predicted molar refractivity (Wildman–Crippen MR) is 98.8 cm³/mol. The van der Waals surface area contributed by atoms with Gasteiger partial charge in [-0.2, -0.15) is 0 Å². The van der Waals surface area contributed by atoms with Crippen LogP contribution in [0, 0.1) is 5.41 Å². The molecule has 1 saturated carbocycles. The van der Waals surface area contributed by atoms with E-state index in [4.69, 9.17) is 0 Å². The maximum atomic E-state index is 12.8. The first-order valence-electron chi connectivity index (χ1n) is 9.23. The summed E-state index contributed by atoms with van der Waals surface area (Å²) in [6.07, 6.45) is 7.37. The predicted octanol–water partition coefficient (Wildman–Crippen LogP) is 3.30. The molecule has 1 amide bonds. The average molecular weight is 343 g/mol. The number of aliphatic hydroxyl groups is 1. The zero-order chi connectivity index (χ0) is 18.1. The van der Waals surface area contributed by atoms with Gasteiger partial charge < -0.3 is 14.8 Å². The fourth-order valence-electron chi connectivity index (χ4n) is 3.78. The van der Waals surface area contributed by atoms with Gasteiger partial charge in [-0.25, -0.2) is 4.98 Å². The molecule has 136 valence electrons. The third-order valence-electron chi connectivity index (χ3n) is 5.31. The quantitative estimate of drug-likeness (QED) is 0.895. The summed E-state index contributed by atoms with van der Waals surface area (Å²) in [6.45, 7) is 6.93. The number of aliphatic hydroxyl groups excluding tert-OH is 1. The molecule has 2 aromatic rings. The first-order chi connectivity index (χ1) is 11.9. The highest BCUT2D eigenvalue weighted by Crippen LogP contribution is 2.35. The van der Waals surface area contributed by atoms with Crippen molar-refractivity contribution in [3.05, 3.63) is 35.9 Å². The molecule has 0 saturated heterocycles. The molecule has 0 radical (unpaired) electrons. The minimum Gasteiger partial charge on any atom is -0.396 e. The largest absolute Gasteiger partial charge is 0.396 e. The number of aromatic nitrogens is 2. The molecule has 25 heavy (non-hydrogen) atoms. The summed E-state index contributed by atoms with van der Waals surface area (Å²) in [5.41, 5.74) is 0.968. The van der Waals surface area contributed by atoms with Crippen LogP contribution in [0.5, 0.6) is 0 Å². The number of pyridine rings is 1. The third kappa shape index (κ3) is 3.56. The Bertz CT molecular complexity index is 752. The van der Waals surface area contributed by atoms with E-state index in [0.29, 0.717) is 12.2 Å². The molecular weight excluding hydrogens is 314 g/mol. The van der Waals surface area contributed by atoms with Gasteiger partial charge in [0.1, 0.15) is 5.82 Å². The fraction of sp³-hybridized carbons (Fsp3) is 0.600. The Labute approximate surface area is 149 Å². The van der Waals surface area contributed by atoms with Crippen LogP contribution < -0.4 is 5.32 Å². The molecule has 0 aromatic carbocycles. The molecule has 1 aliphatic rings. The second-order valence-corrected chi connectivity index (χ2v) is 8.39. The molecule has 2 heterocycles. The Kier molecular flexibility index (Phi) is 4.87. The molecule has 0 spiro atoms. The molecule has 3 rings (SSSR count). The van der Waals surface area contributed by atoms with E-state index in [1.165, 1.54) is 6.42 Å². The lowest BCUT2D eigenvalue weighted by Gasteiger charge is -2.35. The highest BCUT2D eigenvalue weighted by Gasteiger charge is 2.32. The molecule has 0 aliphatic heterocycles. The van der Waals surface area contributed by atoms with E-state index >= 15 is 0 Å². The molecule has 0 bridgehead atoms. The summed E-state index contributed by atoms with van der Waals surface area (Å²) in [6, 6.07) is 5.81. The van der Waals surface area contributed by atoms with Crippen molar-refractivity contribution >= 4 is 11.4 Å². The average Bonchev–Trinajstić information content (AvgIpc) is 3.01. The summed E-state index contributed by atoms with van der Waals surface area (Å²) in [5, 5.41) is 12.9. The van der Waals surface area contributed by atoms with E-state index in [-0.39, 0.29) is 23.3 Å². The van der Waals surface area contributed by atoms with Gasteiger partial charge in [0.05, 0.1) is 12.1 Å². The smallest absolute Gasteiger partial charge is 0.272 e. The number of imidazole rings is 1. The number of carbonyl (C=O) groups is 1. The van der Waals surface area contributed by atoms with Crippen molar-refractivity contribution in [3.63, 3.8) is 0 Å². The van der Waals surface area contributed by atoms with Crippen LogP contribution in [0.4, 0.5) is 0 Å². The van der Waals surface area contributed by atoms with Gasteiger partial charge in [-0.15, -0.1) is 0 Å². The second-order valence-electron chi connectivity index (χ2n) is 8.39. The Morgan fingerprint density at radius 3 is 2.64 bits per heavy atom. The number of rotatable bonds is 4. The number of nitrogens with zero attached hydrogens (tertiary/aromatic N) is 2. The van der Waals surface area contributed by atoms with Gasteiger partial charge in [-0.1, -0.05) is 46.1 Å². The van der Waals surface area contributed by atoms with Crippen molar-refractivity contribution in [2.24, 2.45) is 5.41 Å². The lowest BCUT2D eigenvalue weighted by Crippen LogP contribution is -2.41. The number of fused-ring (bicyclic) bond motifs is 1. The van der Waals surface area contributed by atoms with Gasteiger partial charge in [-0.3, -0.25) is 4.79 Å². The normalized spacial score (nSPS) is 17.6. The summed E-state index contributed by atoms with van der Waals surface area (Å²) in [5.74, 6) is 0.723. The van der Waals surface area contributed by atoms with Gasteiger partial charge in [-0.05, 0) is 25.0 Å². The third-order valence-corrected chi connectivity index (χ3v) is 5.31. The zero-order valence-corrected chi connectivity index (χ0v) is 15.5. The molecule has 1 aliphatic carbocycles. The van der Waals surface area contributed by atoms with Gasteiger partial charge in [0.25, 0.3) is 5.91 Å². The highest BCUT2D eigenvalue weighted by atomic mass is 16.3. The van der Waals surface area contributed by atoms with E-state index in [1.54, 1.807) is 0 Å². The Morgan fingerprint density at radius 2 is 2.00 bits per heavy atom. The van der Waals surface area contributed by atoms with Crippen LogP contribution in [0.15, 0.2) is 24.4 Å². The zero-order valence-electron chi connectivity index (χ0n) is 15.5. The molecule has 5 heteroatoms. The number of nitrogens with one attached hydrogen (secondary N) is 1. The van der Waals surface area contributed by atoms with Gasteiger partial charge in [0, 0.05) is 23.6 Å².